The fraction of sp³-hybridized carbons (Fsp3) is 0.571. The summed E-state index contributed by atoms with van der Waals surface area (Å²) in [5.74, 6) is -1.07. The average Bonchev–Trinajstić information content (AvgIpc) is 2.76. The molecule has 1 fully saturated rings. The molecule has 1 N–H and O–H groups in total. The first-order chi connectivity index (χ1) is 8.93. The van der Waals surface area contributed by atoms with Crippen molar-refractivity contribution in [1.29, 1.82) is 0 Å². The summed E-state index contributed by atoms with van der Waals surface area (Å²) >= 11 is 0. The number of alkyl halides is 3. The van der Waals surface area contributed by atoms with Crippen LogP contribution in [0.15, 0.2) is 18.2 Å². The van der Waals surface area contributed by atoms with E-state index < -0.39 is 17.6 Å². The van der Waals surface area contributed by atoms with E-state index in [0.717, 1.165) is 37.9 Å². The van der Waals surface area contributed by atoms with Gasteiger partial charge in [-0.05, 0) is 43.0 Å². The topological polar surface area (TPSA) is 12.0 Å². The van der Waals surface area contributed by atoms with Crippen molar-refractivity contribution in [2.45, 2.75) is 44.3 Å². The van der Waals surface area contributed by atoms with Gasteiger partial charge in [-0.25, -0.2) is 4.39 Å². The van der Waals surface area contributed by atoms with Gasteiger partial charge in [0, 0.05) is 6.04 Å². The van der Waals surface area contributed by atoms with Crippen LogP contribution in [0.1, 0.15) is 43.2 Å². The normalized spacial score (nSPS) is 23.8. The minimum absolute atomic E-state index is 0.108. The van der Waals surface area contributed by atoms with E-state index in [1.165, 1.54) is 6.07 Å². The van der Waals surface area contributed by atoms with Gasteiger partial charge in [-0.15, -0.1) is 0 Å². The molecule has 1 nitrogen and oxygen atoms in total. The summed E-state index contributed by atoms with van der Waals surface area (Å²) in [6, 6.07) is 3.54. The molecular weight excluding hydrogens is 258 g/mol. The molecule has 0 bridgehead atoms. The van der Waals surface area contributed by atoms with E-state index in [0.29, 0.717) is 5.56 Å². The molecule has 2 rings (SSSR count). The third-order valence-corrected chi connectivity index (χ3v) is 3.71. The van der Waals surface area contributed by atoms with E-state index in [1.54, 1.807) is 0 Å². The van der Waals surface area contributed by atoms with Crippen molar-refractivity contribution in [2.75, 3.05) is 6.54 Å². The van der Waals surface area contributed by atoms with Crippen molar-refractivity contribution in [2.24, 2.45) is 0 Å². The molecule has 1 aromatic rings. The van der Waals surface area contributed by atoms with Gasteiger partial charge >= 0.3 is 6.18 Å². The van der Waals surface area contributed by atoms with Crippen molar-refractivity contribution in [3.05, 3.63) is 35.1 Å². The Morgan fingerprint density at radius 1 is 1.26 bits per heavy atom. The first kappa shape index (κ1) is 14.3. The SMILES string of the molecule is CCNC1CCCC1c1ccc(C(F)(F)F)c(F)c1. The van der Waals surface area contributed by atoms with Gasteiger partial charge in [0.15, 0.2) is 0 Å². The number of likely N-dealkylation sites (N-methyl/N-ethyl adjacent to an activating group) is 1. The molecule has 19 heavy (non-hydrogen) atoms. The predicted molar refractivity (Wildman–Crippen MR) is 65.5 cm³/mol. The summed E-state index contributed by atoms with van der Waals surface area (Å²) < 4.78 is 51.1. The fourth-order valence-corrected chi connectivity index (χ4v) is 2.86. The second-order valence-corrected chi connectivity index (χ2v) is 4.94. The first-order valence-corrected chi connectivity index (χ1v) is 6.53. The van der Waals surface area contributed by atoms with Gasteiger partial charge in [0.25, 0.3) is 0 Å². The summed E-state index contributed by atoms with van der Waals surface area (Å²) in [4.78, 5) is 0. The molecule has 0 saturated heterocycles. The molecular formula is C14H17F4N. The standard InChI is InChI=1S/C14H17F4N/c1-2-19-13-5-3-4-10(13)9-6-7-11(12(15)8-9)14(16,17)18/h6-8,10,13,19H,2-5H2,1H3. The third-order valence-electron chi connectivity index (χ3n) is 3.71. The van der Waals surface area contributed by atoms with Gasteiger partial charge in [-0.2, -0.15) is 13.2 Å². The van der Waals surface area contributed by atoms with Crippen molar-refractivity contribution in [3.63, 3.8) is 0 Å². The summed E-state index contributed by atoms with van der Waals surface area (Å²) in [5.41, 5.74) is -0.525. The smallest absolute Gasteiger partial charge is 0.314 e. The highest BCUT2D eigenvalue weighted by molar-refractivity contribution is 5.30. The van der Waals surface area contributed by atoms with Crippen LogP contribution in [-0.2, 0) is 6.18 Å². The Kier molecular flexibility index (Phi) is 4.13. The Balaban J connectivity index is 2.24. The summed E-state index contributed by atoms with van der Waals surface area (Å²) in [6.45, 7) is 2.80. The number of halogens is 4. The number of hydrogen-bond donors (Lipinski definition) is 1. The highest BCUT2D eigenvalue weighted by Crippen LogP contribution is 2.37. The third kappa shape index (κ3) is 3.08. The number of rotatable bonds is 3. The average molecular weight is 275 g/mol. The van der Waals surface area contributed by atoms with E-state index in [4.69, 9.17) is 0 Å². The lowest BCUT2D eigenvalue weighted by Gasteiger charge is -2.21. The van der Waals surface area contributed by atoms with E-state index in [1.807, 2.05) is 6.92 Å². The van der Waals surface area contributed by atoms with Crippen molar-refractivity contribution in [1.82, 2.24) is 5.32 Å². The minimum atomic E-state index is -4.63. The van der Waals surface area contributed by atoms with Crippen LogP contribution in [0.4, 0.5) is 17.6 Å². The lowest BCUT2D eigenvalue weighted by molar-refractivity contribution is -0.140. The van der Waals surface area contributed by atoms with Crippen LogP contribution in [-0.4, -0.2) is 12.6 Å². The van der Waals surface area contributed by atoms with E-state index >= 15 is 0 Å². The van der Waals surface area contributed by atoms with Crippen molar-refractivity contribution in [3.8, 4) is 0 Å². The summed E-state index contributed by atoms with van der Waals surface area (Å²) in [5, 5.41) is 3.31. The maximum Gasteiger partial charge on any atom is 0.419 e. The quantitative estimate of drug-likeness (QED) is 0.819. The fourth-order valence-electron chi connectivity index (χ4n) is 2.86. The van der Waals surface area contributed by atoms with Gasteiger partial charge in [-0.3, -0.25) is 0 Å². The second-order valence-electron chi connectivity index (χ2n) is 4.94. The maximum absolute atomic E-state index is 13.6. The highest BCUT2D eigenvalue weighted by atomic mass is 19.4. The summed E-state index contributed by atoms with van der Waals surface area (Å²) in [6.07, 6.45) is -1.73. The highest BCUT2D eigenvalue weighted by Gasteiger charge is 2.35. The van der Waals surface area contributed by atoms with Crippen LogP contribution < -0.4 is 5.32 Å². The monoisotopic (exact) mass is 275 g/mol. The minimum Gasteiger partial charge on any atom is -0.314 e. The van der Waals surface area contributed by atoms with Crippen molar-refractivity contribution >= 4 is 0 Å². The second kappa shape index (κ2) is 5.49. The Hall–Kier alpha value is -1.10. The molecule has 1 aliphatic rings. The molecule has 0 aliphatic heterocycles. The molecule has 106 valence electrons. The molecule has 5 heteroatoms. The molecule has 0 radical (unpaired) electrons. The van der Waals surface area contributed by atoms with Crippen LogP contribution in [0.25, 0.3) is 0 Å². The van der Waals surface area contributed by atoms with Gasteiger partial charge in [0.2, 0.25) is 0 Å². The molecule has 1 aliphatic carbocycles. The van der Waals surface area contributed by atoms with Gasteiger partial charge in [0.05, 0.1) is 5.56 Å². The molecule has 0 spiro atoms. The van der Waals surface area contributed by atoms with Crippen molar-refractivity contribution < 1.29 is 17.6 Å². The Bertz CT molecular complexity index is 442. The largest absolute Gasteiger partial charge is 0.419 e. The number of hydrogen-bond acceptors (Lipinski definition) is 1. The van der Waals surface area contributed by atoms with E-state index in [2.05, 4.69) is 5.32 Å². The Morgan fingerprint density at radius 3 is 2.58 bits per heavy atom. The lowest BCUT2D eigenvalue weighted by atomic mass is 9.93. The molecule has 1 saturated carbocycles. The molecule has 2 unspecified atom stereocenters. The van der Waals surface area contributed by atoms with Crippen LogP contribution in [0.5, 0.6) is 0 Å². The molecule has 0 heterocycles. The maximum atomic E-state index is 13.6. The molecule has 1 aromatic carbocycles. The first-order valence-electron chi connectivity index (χ1n) is 6.53. The summed E-state index contributed by atoms with van der Waals surface area (Å²) in [7, 11) is 0. The van der Waals surface area contributed by atoms with E-state index in [-0.39, 0.29) is 12.0 Å². The Labute approximate surface area is 110 Å². The zero-order chi connectivity index (χ0) is 14.0. The zero-order valence-electron chi connectivity index (χ0n) is 10.7. The van der Waals surface area contributed by atoms with Crippen LogP contribution >= 0.6 is 0 Å². The van der Waals surface area contributed by atoms with Crippen LogP contribution in [0, 0.1) is 5.82 Å². The van der Waals surface area contributed by atoms with Gasteiger partial charge < -0.3 is 5.32 Å². The molecule has 0 amide bonds. The zero-order valence-corrected chi connectivity index (χ0v) is 10.7. The lowest BCUT2D eigenvalue weighted by Crippen LogP contribution is -2.31. The Morgan fingerprint density at radius 2 is 2.00 bits per heavy atom. The van der Waals surface area contributed by atoms with Crippen LogP contribution in [0.3, 0.4) is 0 Å². The van der Waals surface area contributed by atoms with E-state index in [9.17, 15) is 17.6 Å². The molecule has 2 atom stereocenters. The predicted octanol–water partition coefficient (Wildman–Crippen LogP) is 4.09. The number of nitrogens with one attached hydrogen (secondary N) is 1. The van der Waals surface area contributed by atoms with Gasteiger partial charge in [0.1, 0.15) is 5.82 Å². The molecule has 0 aromatic heterocycles. The van der Waals surface area contributed by atoms with Crippen LogP contribution in [0.2, 0.25) is 0 Å². The van der Waals surface area contributed by atoms with Gasteiger partial charge in [-0.1, -0.05) is 19.4 Å². The number of benzene rings is 1.